The van der Waals surface area contributed by atoms with Crippen molar-refractivity contribution in [3.63, 3.8) is 0 Å². The fraction of sp³-hybridized carbons (Fsp3) is 0.667. The quantitative estimate of drug-likeness (QED) is 0.818. The number of piperidine rings is 1. The summed E-state index contributed by atoms with van der Waals surface area (Å²) in [5, 5.41) is 0. The van der Waals surface area contributed by atoms with Gasteiger partial charge in [0.25, 0.3) is 0 Å². The van der Waals surface area contributed by atoms with Gasteiger partial charge in [0.2, 0.25) is 0 Å². The van der Waals surface area contributed by atoms with Crippen molar-refractivity contribution in [3.05, 3.63) is 34.9 Å². The van der Waals surface area contributed by atoms with Gasteiger partial charge in [0.15, 0.2) is 0 Å². The lowest BCUT2D eigenvalue weighted by Gasteiger charge is -2.36. The minimum atomic E-state index is 0.429. The SMILES string of the molecule is Cc1ccc(C)c(C(C)N2CCC(OCCCN)CC2)c1. The fourth-order valence-electron chi connectivity index (χ4n) is 3.17. The standard InChI is InChI=1S/C18H30N2O/c1-14-5-6-15(2)18(13-14)16(3)20-10-7-17(8-11-20)21-12-4-9-19/h5-6,13,16-17H,4,7-12,19H2,1-3H3. The van der Waals surface area contributed by atoms with Crippen molar-refractivity contribution in [1.29, 1.82) is 0 Å². The Bertz CT molecular complexity index is 439. The number of hydrogen-bond donors (Lipinski definition) is 1. The van der Waals surface area contributed by atoms with Gasteiger partial charge in [0.1, 0.15) is 0 Å². The van der Waals surface area contributed by atoms with Gasteiger partial charge in [-0.1, -0.05) is 23.8 Å². The molecule has 1 fully saturated rings. The first-order chi connectivity index (χ1) is 10.1. The number of rotatable bonds is 6. The Morgan fingerprint density at radius 2 is 2.00 bits per heavy atom. The van der Waals surface area contributed by atoms with Crippen LogP contribution >= 0.6 is 0 Å². The number of benzene rings is 1. The summed E-state index contributed by atoms with van der Waals surface area (Å²) in [5.74, 6) is 0. The van der Waals surface area contributed by atoms with Gasteiger partial charge in [-0.05, 0) is 57.7 Å². The van der Waals surface area contributed by atoms with Crippen molar-refractivity contribution in [2.45, 2.75) is 52.2 Å². The lowest BCUT2D eigenvalue weighted by atomic mass is 9.96. The summed E-state index contributed by atoms with van der Waals surface area (Å²) >= 11 is 0. The van der Waals surface area contributed by atoms with E-state index in [-0.39, 0.29) is 0 Å². The highest BCUT2D eigenvalue weighted by atomic mass is 16.5. The summed E-state index contributed by atoms with van der Waals surface area (Å²) in [6.45, 7) is 10.5. The van der Waals surface area contributed by atoms with Gasteiger partial charge in [-0.2, -0.15) is 0 Å². The maximum atomic E-state index is 5.89. The number of likely N-dealkylation sites (tertiary alicyclic amines) is 1. The zero-order chi connectivity index (χ0) is 15.2. The number of nitrogens with two attached hydrogens (primary N) is 1. The van der Waals surface area contributed by atoms with Crippen LogP contribution in [0, 0.1) is 13.8 Å². The first kappa shape index (κ1) is 16.5. The predicted molar refractivity (Wildman–Crippen MR) is 88.5 cm³/mol. The molecule has 1 aromatic rings. The van der Waals surface area contributed by atoms with Gasteiger partial charge in [0, 0.05) is 25.7 Å². The molecule has 2 N–H and O–H groups in total. The molecule has 1 unspecified atom stereocenters. The van der Waals surface area contributed by atoms with E-state index in [1.54, 1.807) is 0 Å². The van der Waals surface area contributed by atoms with Crippen LogP contribution in [-0.2, 0) is 4.74 Å². The zero-order valence-corrected chi connectivity index (χ0v) is 13.8. The molecule has 1 heterocycles. The first-order valence-electron chi connectivity index (χ1n) is 8.24. The number of aryl methyl sites for hydroxylation is 2. The van der Waals surface area contributed by atoms with Crippen molar-refractivity contribution in [2.24, 2.45) is 5.73 Å². The van der Waals surface area contributed by atoms with Crippen molar-refractivity contribution < 1.29 is 4.74 Å². The minimum Gasteiger partial charge on any atom is -0.378 e. The van der Waals surface area contributed by atoms with Crippen molar-refractivity contribution in [1.82, 2.24) is 4.90 Å². The molecule has 0 bridgehead atoms. The van der Waals surface area contributed by atoms with Crippen LogP contribution in [0.15, 0.2) is 18.2 Å². The Hall–Kier alpha value is -0.900. The second kappa shape index (κ2) is 7.92. The maximum absolute atomic E-state index is 5.89. The largest absolute Gasteiger partial charge is 0.378 e. The summed E-state index contributed by atoms with van der Waals surface area (Å²) in [4.78, 5) is 2.59. The van der Waals surface area contributed by atoms with E-state index in [0.29, 0.717) is 12.1 Å². The maximum Gasteiger partial charge on any atom is 0.0599 e. The Balaban J connectivity index is 1.88. The average molecular weight is 290 g/mol. The van der Waals surface area contributed by atoms with E-state index in [1.165, 1.54) is 16.7 Å². The second-order valence-corrected chi connectivity index (χ2v) is 6.28. The molecule has 21 heavy (non-hydrogen) atoms. The van der Waals surface area contributed by atoms with Gasteiger partial charge in [-0.3, -0.25) is 4.90 Å². The molecule has 0 saturated carbocycles. The first-order valence-corrected chi connectivity index (χ1v) is 8.24. The molecule has 118 valence electrons. The lowest BCUT2D eigenvalue weighted by molar-refractivity contribution is -0.000800. The third kappa shape index (κ3) is 4.53. The van der Waals surface area contributed by atoms with Crippen molar-refractivity contribution in [3.8, 4) is 0 Å². The molecule has 0 aromatic heterocycles. The summed E-state index contributed by atoms with van der Waals surface area (Å²) in [6.07, 6.45) is 3.68. The van der Waals surface area contributed by atoms with Gasteiger partial charge >= 0.3 is 0 Å². The van der Waals surface area contributed by atoms with Crippen LogP contribution in [-0.4, -0.2) is 37.2 Å². The molecule has 3 heteroatoms. The zero-order valence-electron chi connectivity index (χ0n) is 13.8. The highest BCUT2D eigenvalue weighted by molar-refractivity contribution is 5.32. The van der Waals surface area contributed by atoms with Crippen LogP contribution in [0.2, 0.25) is 0 Å². The molecule has 3 nitrogen and oxygen atoms in total. The van der Waals surface area contributed by atoms with E-state index >= 15 is 0 Å². The third-order valence-electron chi connectivity index (χ3n) is 4.61. The molecule has 0 spiro atoms. The third-order valence-corrected chi connectivity index (χ3v) is 4.61. The molecular formula is C18H30N2O. The van der Waals surface area contributed by atoms with E-state index in [0.717, 1.165) is 45.5 Å². The Labute approximate surface area is 129 Å². The van der Waals surface area contributed by atoms with Crippen LogP contribution in [0.4, 0.5) is 0 Å². The topological polar surface area (TPSA) is 38.5 Å². The van der Waals surface area contributed by atoms with E-state index in [1.807, 2.05) is 0 Å². The van der Waals surface area contributed by atoms with Gasteiger partial charge in [-0.25, -0.2) is 0 Å². The normalized spacial score (nSPS) is 18.9. The Morgan fingerprint density at radius 1 is 1.29 bits per heavy atom. The molecule has 1 saturated heterocycles. The highest BCUT2D eigenvalue weighted by Gasteiger charge is 2.24. The van der Waals surface area contributed by atoms with Gasteiger partial charge in [0.05, 0.1) is 6.10 Å². The average Bonchev–Trinajstić information content (AvgIpc) is 2.50. The van der Waals surface area contributed by atoms with E-state index in [9.17, 15) is 0 Å². The predicted octanol–water partition coefficient (Wildman–Crippen LogP) is 3.19. The molecule has 2 rings (SSSR count). The summed E-state index contributed by atoms with van der Waals surface area (Å²) in [6, 6.07) is 7.27. The number of hydrogen-bond acceptors (Lipinski definition) is 3. The van der Waals surface area contributed by atoms with Crippen molar-refractivity contribution in [2.75, 3.05) is 26.2 Å². The van der Waals surface area contributed by atoms with Crippen LogP contribution < -0.4 is 5.73 Å². The van der Waals surface area contributed by atoms with Crippen LogP contribution in [0.1, 0.15) is 48.9 Å². The van der Waals surface area contributed by atoms with E-state index in [4.69, 9.17) is 10.5 Å². The molecule has 1 aliphatic heterocycles. The second-order valence-electron chi connectivity index (χ2n) is 6.28. The number of nitrogens with zero attached hydrogens (tertiary/aromatic N) is 1. The summed E-state index contributed by atoms with van der Waals surface area (Å²) in [7, 11) is 0. The monoisotopic (exact) mass is 290 g/mol. The fourth-order valence-corrected chi connectivity index (χ4v) is 3.17. The summed E-state index contributed by atoms with van der Waals surface area (Å²) in [5.41, 5.74) is 9.73. The number of ether oxygens (including phenoxy) is 1. The molecular weight excluding hydrogens is 260 g/mol. The van der Waals surface area contributed by atoms with Gasteiger partial charge in [-0.15, -0.1) is 0 Å². The molecule has 0 aliphatic carbocycles. The van der Waals surface area contributed by atoms with Crippen molar-refractivity contribution >= 4 is 0 Å². The van der Waals surface area contributed by atoms with Crippen LogP contribution in [0.25, 0.3) is 0 Å². The van der Waals surface area contributed by atoms with E-state index in [2.05, 4.69) is 43.9 Å². The molecule has 1 aliphatic rings. The van der Waals surface area contributed by atoms with Crippen LogP contribution in [0.3, 0.4) is 0 Å². The van der Waals surface area contributed by atoms with Crippen LogP contribution in [0.5, 0.6) is 0 Å². The Morgan fingerprint density at radius 3 is 2.67 bits per heavy atom. The summed E-state index contributed by atoms with van der Waals surface area (Å²) < 4.78 is 5.89. The molecule has 1 aromatic carbocycles. The highest BCUT2D eigenvalue weighted by Crippen LogP contribution is 2.28. The molecule has 0 radical (unpaired) electrons. The molecule has 0 amide bonds. The molecule has 1 atom stereocenters. The Kier molecular flexibility index (Phi) is 6.22. The van der Waals surface area contributed by atoms with Gasteiger partial charge < -0.3 is 10.5 Å². The van der Waals surface area contributed by atoms with E-state index < -0.39 is 0 Å². The smallest absolute Gasteiger partial charge is 0.0599 e. The lowest BCUT2D eigenvalue weighted by Crippen LogP contribution is -2.39. The minimum absolute atomic E-state index is 0.429.